The minimum Gasteiger partial charge on any atom is -0.444 e. The number of likely N-dealkylation sites (tertiary alicyclic amines) is 1. The van der Waals surface area contributed by atoms with Crippen molar-refractivity contribution in [2.24, 2.45) is 7.05 Å². The molecule has 0 N–H and O–H groups in total. The van der Waals surface area contributed by atoms with Gasteiger partial charge in [-0.15, -0.1) is 5.10 Å². The van der Waals surface area contributed by atoms with Gasteiger partial charge in [-0.1, -0.05) is 6.07 Å². The van der Waals surface area contributed by atoms with Gasteiger partial charge in [0.25, 0.3) is 0 Å². The van der Waals surface area contributed by atoms with Crippen LogP contribution >= 0.6 is 0 Å². The monoisotopic (exact) mass is 624 g/mol. The molecule has 2 amide bonds. The topological polar surface area (TPSA) is 102 Å². The Balaban J connectivity index is 1.21. The number of anilines is 2. The first-order valence-corrected chi connectivity index (χ1v) is 16.5. The highest BCUT2D eigenvalue weighted by atomic mass is 16.6. The molecule has 0 radical (unpaired) electrons. The highest BCUT2D eigenvalue weighted by Gasteiger charge is 2.35. The number of hydrogen-bond acceptors (Lipinski definition) is 7. The van der Waals surface area contributed by atoms with E-state index in [1.807, 2.05) is 37.5 Å². The second kappa shape index (κ2) is 11.4. The van der Waals surface area contributed by atoms with Crippen molar-refractivity contribution in [3.8, 4) is 11.1 Å². The number of piperidine rings is 1. The molecule has 0 spiro atoms. The van der Waals surface area contributed by atoms with E-state index in [-0.39, 0.29) is 18.0 Å². The summed E-state index contributed by atoms with van der Waals surface area (Å²) in [5, 5.41) is 14.2. The van der Waals surface area contributed by atoms with Crippen molar-refractivity contribution in [1.82, 2.24) is 34.3 Å². The lowest BCUT2D eigenvalue weighted by Gasteiger charge is -2.34. The van der Waals surface area contributed by atoms with Crippen molar-refractivity contribution in [2.75, 3.05) is 31.1 Å². The quantitative estimate of drug-likeness (QED) is 0.288. The molecule has 11 heteroatoms. The Hall–Kier alpha value is -4.41. The maximum atomic E-state index is 12.7. The number of carbonyl (C=O) groups excluding carboxylic acids is 2. The zero-order valence-electron chi connectivity index (χ0n) is 27.8. The van der Waals surface area contributed by atoms with Crippen molar-refractivity contribution in [2.45, 2.75) is 84.9 Å². The minimum atomic E-state index is -0.514. The van der Waals surface area contributed by atoms with E-state index in [1.165, 1.54) is 16.9 Å². The van der Waals surface area contributed by atoms with Crippen LogP contribution in [0.1, 0.15) is 75.5 Å². The largest absolute Gasteiger partial charge is 0.444 e. The lowest BCUT2D eigenvalue weighted by atomic mass is 9.96. The Morgan fingerprint density at radius 1 is 0.978 bits per heavy atom. The Morgan fingerprint density at radius 3 is 2.50 bits per heavy atom. The van der Waals surface area contributed by atoms with Gasteiger partial charge >= 0.3 is 6.09 Å². The van der Waals surface area contributed by atoms with Crippen LogP contribution in [0.4, 0.5) is 16.3 Å². The van der Waals surface area contributed by atoms with E-state index >= 15 is 0 Å². The van der Waals surface area contributed by atoms with Gasteiger partial charge < -0.3 is 24.0 Å². The molecule has 242 valence electrons. The van der Waals surface area contributed by atoms with Gasteiger partial charge in [-0.3, -0.25) is 9.48 Å². The van der Waals surface area contributed by atoms with Crippen LogP contribution in [0.15, 0.2) is 30.5 Å². The molecule has 11 nitrogen and oxygen atoms in total. The molecule has 0 unspecified atom stereocenters. The summed E-state index contributed by atoms with van der Waals surface area (Å²) in [5.41, 5.74) is 9.42. The third kappa shape index (κ3) is 5.49. The molecule has 1 fully saturated rings. The summed E-state index contributed by atoms with van der Waals surface area (Å²) in [4.78, 5) is 31.4. The van der Waals surface area contributed by atoms with Gasteiger partial charge in [0, 0.05) is 75.3 Å². The molecule has 0 atom stereocenters. The molecule has 7 rings (SSSR count). The Labute approximate surface area is 270 Å². The Morgan fingerprint density at radius 2 is 1.76 bits per heavy atom. The predicted molar refractivity (Wildman–Crippen MR) is 177 cm³/mol. The lowest BCUT2D eigenvalue weighted by molar-refractivity contribution is -0.129. The fourth-order valence-electron chi connectivity index (χ4n) is 7.29. The van der Waals surface area contributed by atoms with Gasteiger partial charge in [0.1, 0.15) is 11.1 Å². The minimum absolute atomic E-state index is 0.0899. The van der Waals surface area contributed by atoms with Crippen LogP contribution in [0.2, 0.25) is 0 Å². The number of amides is 2. The first kappa shape index (κ1) is 30.3. The van der Waals surface area contributed by atoms with Crippen molar-refractivity contribution in [1.29, 1.82) is 0 Å². The van der Waals surface area contributed by atoms with Gasteiger partial charge in [0.2, 0.25) is 5.91 Å². The SMILES string of the molecule is CC(=O)N1CCc2c(c(N3CCCc4cc(-c5cn(C)c6cc(C)nnc56)ccc43)nn2C2CCN(C(=O)OC(C)(C)C)CC2)C1. The van der Waals surface area contributed by atoms with Crippen molar-refractivity contribution < 1.29 is 14.3 Å². The highest BCUT2D eigenvalue weighted by Crippen LogP contribution is 2.41. The van der Waals surface area contributed by atoms with Crippen LogP contribution in [0.5, 0.6) is 0 Å². The second-order valence-electron chi connectivity index (χ2n) is 14.1. The average Bonchev–Trinajstić information content (AvgIpc) is 3.57. The van der Waals surface area contributed by atoms with E-state index < -0.39 is 5.60 Å². The van der Waals surface area contributed by atoms with Gasteiger partial charge in [0.15, 0.2) is 5.82 Å². The third-order valence-electron chi connectivity index (χ3n) is 9.59. The molecule has 3 aliphatic rings. The number of fused-ring (bicyclic) bond motifs is 3. The second-order valence-corrected chi connectivity index (χ2v) is 14.1. The number of carbonyl (C=O) groups is 2. The fourth-order valence-corrected chi connectivity index (χ4v) is 7.29. The molecule has 0 bridgehead atoms. The number of rotatable bonds is 3. The van der Waals surface area contributed by atoms with Gasteiger partial charge in [-0.05, 0) is 82.7 Å². The normalized spacial score (nSPS) is 17.3. The lowest BCUT2D eigenvalue weighted by Crippen LogP contribution is -2.42. The van der Waals surface area contributed by atoms with Gasteiger partial charge in [-0.2, -0.15) is 10.2 Å². The van der Waals surface area contributed by atoms with E-state index in [0.29, 0.717) is 26.2 Å². The number of aromatic nitrogens is 5. The smallest absolute Gasteiger partial charge is 0.410 e. The molecular weight excluding hydrogens is 580 g/mol. The van der Waals surface area contributed by atoms with Crippen LogP contribution < -0.4 is 4.90 Å². The Kier molecular flexibility index (Phi) is 7.52. The van der Waals surface area contributed by atoms with Gasteiger partial charge in [0.05, 0.1) is 23.8 Å². The highest BCUT2D eigenvalue weighted by molar-refractivity contribution is 5.93. The first-order chi connectivity index (χ1) is 22.0. The van der Waals surface area contributed by atoms with Crippen molar-refractivity contribution in [3.63, 3.8) is 0 Å². The summed E-state index contributed by atoms with van der Waals surface area (Å²) in [7, 11) is 2.05. The number of aryl methyl sites for hydroxylation is 3. The van der Waals surface area contributed by atoms with Crippen LogP contribution in [-0.4, -0.2) is 78.1 Å². The van der Waals surface area contributed by atoms with Crippen molar-refractivity contribution in [3.05, 3.63) is 53.0 Å². The summed E-state index contributed by atoms with van der Waals surface area (Å²) < 4.78 is 9.99. The summed E-state index contributed by atoms with van der Waals surface area (Å²) >= 11 is 0. The van der Waals surface area contributed by atoms with Crippen LogP contribution in [0.25, 0.3) is 22.2 Å². The molecule has 3 aromatic heterocycles. The number of ether oxygens (including phenoxy) is 1. The van der Waals surface area contributed by atoms with Crippen LogP contribution in [0.3, 0.4) is 0 Å². The van der Waals surface area contributed by atoms with E-state index in [2.05, 4.69) is 61.9 Å². The van der Waals surface area contributed by atoms with E-state index in [4.69, 9.17) is 9.84 Å². The molecule has 3 aliphatic heterocycles. The molecule has 6 heterocycles. The zero-order chi connectivity index (χ0) is 32.3. The molecular formula is C35H44N8O3. The maximum Gasteiger partial charge on any atom is 0.410 e. The molecule has 0 saturated carbocycles. The zero-order valence-corrected chi connectivity index (χ0v) is 27.8. The standard InChI is InChI=1S/C35H44N8O3/c1-22-18-31-32(37-36-22)27(20-39(31)6)24-9-10-29-25(19-24)8-7-14-42(29)33-28-21-41(23(2)44)17-13-30(28)43(38-33)26-11-15-40(16-12-26)34(45)46-35(3,4)5/h9-10,18-20,26H,7-8,11-17,21H2,1-6H3. The summed E-state index contributed by atoms with van der Waals surface area (Å²) in [6.07, 6.45) is 6.30. The Bertz CT molecular complexity index is 1830. The molecule has 0 aliphatic carbocycles. The number of nitrogens with zero attached hydrogens (tertiary/aromatic N) is 8. The molecule has 4 aromatic rings. The summed E-state index contributed by atoms with van der Waals surface area (Å²) in [6, 6.07) is 8.98. The number of hydrogen-bond donors (Lipinski definition) is 0. The van der Waals surface area contributed by atoms with Gasteiger partial charge in [-0.25, -0.2) is 4.79 Å². The first-order valence-electron chi connectivity index (χ1n) is 16.5. The van der Waals surface area contributed by atoms with Crippen LogP contribution in [-0.2, 0) is 36.0 Å². The van der Waals surface area contributed by atoms with E-state index in [1.54, 1.807) is 6.92 Å². The van der Waals surface area contributed by atoms with E-state index in [0.717, 1.165) is 77.9 Å². The number of benzene rings is 1. The molecule has 1 saturated heterocycles. The maximum absolute atomic E-state index is 12.7. The third-order valence-corrected chi connectivity index (χ3v) is 9.59. The van der Waals surface area contributed by atoms with E-state index in [9.17, 15) is 9.59 Å². The van der Waals surface area contributed by atoms with Crippen LogP contribution in [0, 0.1) is 6.92 Å². The fraction of sp³-hybridized carbons (Fsp3) is 0.514. The average molecular weight is 625 g/mol. The summed E-state index contributed by atoms with van der Waals surface area (Å²) in [5.74, 6) is 1.04. The molecule has 1 aromatic carbocycles. The molecule has 46 heavy (non-hydrogen) atoms. The predicted octanol–water partition coefficient (Wildman–Crippen LogP) is 5.70. The summed E-state index contributed by atoms with van der Waals surface area (Å²) in [6.45, 7) is 12.7. The van der Waals surface area contributed by atoms with Crippen molar-refractivity contribution >= 4 is 34.5 Å².